The van der Waals surface area contributed by atoms with Gasteiger partial charge in [0.2, 0.25) is 15.9 Å². The lowest BCUT2D eigenvalue weighted by Gasteiger charge is -2.22. The van der Waals surface area contributed by atoms with Crippen LogP contribution < -0.4 is 19.3 Å². The van der Waals surface area contributed by atoms with Crippen LogP contribution in [-0.2, 0) is 21.4 Å². The molecule has 0 aromatic heterocycles. The first-order valence-corrected chi connectivity index (χ1v) is 12.4. The molecule has 0 radical (unpaired) electrons. The first kappa shape index (κ1) is 22.9. The molecule has 1 heterocycles. The summed E-state index contributed by atoms with van der Waals surface area (Å²) in [6.45, 7) is 2.92. The fraction of sp³-hybridized carbons (Fsp3) is 0.435. The van der Waals surface area contributed by atoms with Crippen molar-refractivity contribution in [2.24, 2.45) is 0 Å². The fourth-order valence-corrected chi connectivity index (χ4v) is 4.67. The van der Waals surface area contributed by atoms with E-state index in [0.717, 1.165) is 18.7 Å². The van der Waals surface area contributed by atoms with Crippen LogP contribution in [0.2, 0.25) is 0 Å². The Morgan fingerprint density at radius 3 is 2.29 bits per heavy atom. The average molecular weight is 446 g/mol. The molecular weight excluding hydrogens is 414 g/mol. The lowest BCUT2D eigenvalue weighted by molar-refractivity contribution is -0.121. The lowest BCUT2D eigenvalue weighted by atomic mass is 10.2. The molecular formula is C23H31N3O4S. The van der Waals surface area contributed by atoms with Crippen molar-refractivity contribution in [2.45, 2.75) is 32.2 Å². The minimum Gasteiger partial charge on any atom is -0.497 e. The van der Waals surface area contributed by atoms with Crippen molar-refractivity contribution >= 4 is 27.3 Å². The SMILES string of the molecule is COc1ccc(N(CCCC(=O)NCc2ccc(N3CCCC3)cc2)S(C)(=O)=O)cc1. The molecule has 7 nitrogen and oxygen atoms in total. The maximum absolute atomic E-state index is 12.2. The predicted octanol–water partition coefficient (Wildman–Crippen LogP) is 3.16. The largest absolute Gasteiger partial charge is 0.497 e. The summed E-state index contributed by atoms with van der Waals surface area (Å²) in [7, 11) is -1.89. The predicted molar refractivity (Wildman–Crippen MR) is 124 cm³/mol. The van der Waals surface area contributed by atoms with Crippen LogP contribution in [0.5, 0.6) is 5.75 Å². The molecule has 3 rings (SSSR count). The summed E-state index contributed by atoms with van der Waals surface area (Å²) in [5.74, 6) is 0.567. The van der Waals surface area contributed by atoms with Crippen LogP contribution >= 0.6 is 0 Å². The number of hydrogen-bond donors (Lipinski definition) is 1. The maximum Gasteiger partial charge on any atom is 0.232 e. The molecule has 1 fully saturated rings. The number of ether oxygens (including phenoxy) is 1. The number of nitrogens with zero attached hydrogens (tertiary/aromatic N) is 2. The van der Waals surface area contributed by atoms with Crippen LogP contribution in [0.25, 0.3) is 0 Å². The number of carbonyl (C=O) groups excluding carboxylic acids is 1. The maximum atomic E-state index is 12.2. The number of hydrogen-bond acceptors (Lipinski definition) is 5. The van der Waals surface area contributed by atoms with Gasteiger partial charge in [-0.05, 0) is 61.2 Å². The molecule has 0 unspecified atom stereocenters. The Morgan fingerprint density at radius 2 is 1.71 bits per heavy atom. The highest BCUT2D eigenvalue weighted by Gasteiger charge is 2.18. The minimum atomic E-state index is -3.45. The Labute approximate surface area is 185 Å². The summed E-state index contributed by atoms with van der Waals surface area (Å²) < 4.78 is 30.8. The Morgan fingerprint density at radius 1 is 1.06 bits per heavy atom. The summed E-state index contributed by atoms with van der Waals surface area (Å²) in [6.07, 6.45) is 4.34. The van der Waals surface area contributed by atoms with Crippen molar-refractivity contribution in [2.75, 3.05) is 42.2 Å². The van der Waals surface area contributed by atoms with Crippen molar-refractivity contribution in [3.63, 3.8) is 0 Å². The van der Waals surface area contributed by atoms with E-state index in [4.69, 9.17) is 4.74 Å². The molecule has 0 saturated carbocycles. The van der Waals surface area contributed by atoms with E-state index in [-0.39, 0.29) is 18.9 Å². The van der Waals surface area contributed by atoms with Crippen LogP contribution in [0, 0.1) is 0 Å². The van der Waals surface area contributed by atoms with E-state index in [1.54, 1.807) is 31.4 Å². The number of sulfonamides is 1. The van der Waals surface area contributed by atoms with Gasteiger partial charge in [-0.1, -0.05) is 12.1 Å². The van der Waals surface area contributed by atoms with E-state index in [0.29, 0.717) is 24.4 Å². The Balaban J connectivity index is 1.46. The van der Waals surface area contributed by atoms with Crippen LogP contribution in [-0.4, -0.2) is 47.3 Å². The quantitative estimate of drug-likeness (QED) is 0.608. The fourth-order valence-electron chi connectivity index (χ4n) is 3.71. The number of nitrogens with one attached hydrogen (secondary N) is 1. The average Bonchev–Trinajstić information content (AvgIpc) is 3.30. The number of carbonyl (C=O) groups is 1. The first-order valence-electron chi connectivity index (χ1n) is 10.6. The summed E-state index contributed by atoms with van der Waals surface area (Å²) >= 11 is 0. The van der Waals surface area contributed by atoms with E-state index in [1.807, 2.05) is 12.1 Å². The molecule has 8 heteroatoms. The molecule has 0 bridgehead atoms. The van der Waals surface area contributed by atoms with Crippen LogP contribution in [0.4, 0.5) is 11.4 Å². The van der Waals surface area contributed by atoms with Crippen molar-refractivity contribution in [1.29, 1.82) is 0 Å². The highest BCUT2D eigenvalue weighted by molar-refractivity contribution is 7.92. The van der Waals surface area contributed by atoms with Crippen molar-refractivity contribution in [3.05, 3.63) is 54.1 Å². The molecule has 1 N–H and O–H groups in total. The standard InChI is InChI=1S/C23H31N3O4S/c1-30-22-13-11-21(12-14-22)26(31(2,28)29)17-5-6-23(27)24-18-19-7-9-20(10-8-19)25-15-3-4-16-25/h7-14H,3-6,15-18H2,1-2H3,(H,24,27). The summed E-state index contributed by atoms with van der Waals surface area (Å²) in [6, 6.07) is 15.1. The molecule has 0 spiro atoms. The Hall–Kier alpha value is -2.74. The zero-order chi connectivity index (χ0) is 22.3. The van der Waals surface area contributed by atoms with Gasteiger partial charge in [-0.3, -0.25) is 9.10 Å². The molecule has 168 valence electrons. The minimum absolute atomic E-state index is 0.0909. The molecule has 0 atom stereocenters. The highest BCUT2D eigenvalue weighted by atomic mass is 32.2. The number of anilines is 2. The summed E-state index contributed by atoms with van der Waals surface area (Å²) in [5, 5.41) is 2.92. The van der Waals surface area contributed by atoms with E-state index in [9.17, 15) is 13.2 Å². The van der Waals surface area contributed by atoms with Gasteiger partial charge in [0.1, 0.15) is 5.75 Å². The van der Waals surface area contributed by atoms with Gasteiger partial charge in [0.05, 0.1) is 19.1 Å². The van der Waals surface area contributed by atoms with Crippen LogP contribution in [0.15, 0.2) is 48.5 Å². The van der Waals surface area contributed by atoms with E-state index >= 15 is 0 Å². The number of rotatable bonds is 10. The van der Waals surface area contributed by atoms with Crippen molar-refractivity contribution < 1.29 is 17.9 Å². The van der Waals surface area contributed by atoms with Gasteiger partial charge in [0.25, 0.3) is 0 Å². The molecule has 31 heavy (non-hydrogen) atoms. The molecule has 2 aromatic carbocycles. The molecule has 1 saturated heterocycles. The topological polar surface area (TPSA) is 79.0 Å². The van der Waals surface area contributed by atoms with Gasteiger partial charge in [-0.2, -0.15) is 0 Å². The molecule has 0 aliphatic carbocycles. The normalized spacial score (nSPS) is 13.8. The molecule has 1 aliphatic heterocycles. The lowest BCUT2D eigenvalue weighted by Crippen LogP contribution is -2.32. The second kappa shape index (κ2) is 10.5. The molecule has 1 amide bonds. The Bertz CT molecular complexity index is 953. The highest BCUT2D eigenvalue weighted by Crippen LogP contribution is 2.22. The monoisotopic (exact) mass is 445 g/mol. The van der Waals surface area contributed by atoms with Gasteiger partial charge in [0, 0.05) is 38.3 Å². The van der Waals surface area contributed by atoms with Crippen molar-refractivity contribution in [1.82, 2.24) is 5.32 Å². The van der Waals surface area contributed by atoms with Gasteiger partial charge in [-0.15, -0.1) is 0 Å². The second-order valence-electron chi connectivity index (χ2n) is 7.77. The zero-order valence-corrected chi connectivity index (χ0v) is 19.0. The van der Waals surface area contributed by atoms with Gasteiger partial charge in [0.15, 0.2) is 0 Å². The zero-order valence-electron chi connectivity index (χ0n) is 18.2. The van der Waals surface area contributed by atoms with Crippen molar-refractivity contribution in [3.8, 4) is 5.75 Å². The molecule has 1 aliphatic rings. The van der Waals surface area contributed by atoms with Gasteiger partial charge >= 0.3 is 0 Å². The van der Waals surface area contributed by atoms with E-state index in [1.165, 1.54) is 29.1 Å². The second-order valence-corrected chi connectivity index (χ2v) is 9.68. The Kier molecular flexibility index (Phi) is 7.79. The van der Waals surface area contributed by atoms with E-state index in [2.05, 4.69) is 22.3 Å². The van der Waals surface area contributed by atoms with Crippen LogP contribution in [0.3, 0.4) is 0 Å². The van der Waals surface area contributed by atoms with Gasteiger partial charge in [-0.25, -0.2) is 8.42 Å². The summed E-state index contributed by atoms with van der Waals surface area (Å²) in [4.78, 5) is 14.6. The smallest absolute Gasteiger partial charge is 0.232 e. The van der Waals surface area contributed by atoms with Gasteiger partial charge < -0.3 is 15.0 Å². The summed E-state index contributed by atoms with van der Waals surface area (Å²) in [5.41, 5.74) is 2.83. The number of methoxy groups -OCH3 is 1. The third kappa shape index (κ3) is 6.62. The third-order valence-electron chi connectivity index (χ3n) is 5.42. The first-order chi connectivity index (χ1) is 14.9. The number of benzene rings is 2. The third-order valence-corrected chi connectivity index (χ3v) is 6.62. The van der Waals surface area contributed by atoms with E-state index < -0.39 is 10.0 Å². The number of amides is 1. The molecule has 2 aromatic rings. The van der Waals surface area contributed by atoms with Crippen LogP contribution in [0.1, 0.15) is 31.2 Å².